The van der Waals surface area contributed by atoms with Crippen LogP contribution in [-0.2, 0) is 0 Å². The maximum absolute atomic E-state index is 12.6. The van der Waals surface area contributed by atoms with Crippen LogP contribution in [0.3, 0.4) is 0 Å². The van der Waals surface area contributed by atoms with Crippen molar-refractivity contribution in [3.63, 3.8) is 0 Å². The second kappa shape index (κ2) is 6.13. The molecule has 112 valence electrons. The number of carbonyl (C=O) groups excluding carboxylic acids is 1. The number of nitro benzene ring substituents is 1. The normalized spacial score (nSPS) is 10.1. The number of nitrogens with zero attached hydrogens (tertiary/aromatic N) is 3. The van der Waals surface area contributed by atoms with Gasteiger partial charge in [0.05, 0.1) is 4.92 Å². The molecule has 7 nitrogen and oxygen atoms in total. The summed E-state index contributed by atoms with van der Waals surface area (Å²) in [5.41, 5.74) is -0.470. The predicted octanol–water partition coefficient (Wildman–Crippen LogP) is 3.29. The molecule has 0 saturated heterocycles. The third-order valence-corrected chi connectivity index (χ3v) is 3.16. The third-order valence-electron chi connectivity index (χ3n) is 3.16. The van der Waals surface area contributed by atoms with Gasteiger partial charge in [-0.2, -0.15) is 0 Å². The van der Waals surface area contributed by atoms with E-state index in [-0.39, 0.29) is 22.5 Å². The largest absolute Gasteiger partial charge is 0.372 e. The fourth-order valence-corrected chi connectivity index (χ4v) is 2.15. The number of benzene rings is 2. The number of carbonyl (C=O) groups is 1. The molecular weight excluding hydrogens is 286 g/mol. The van der Waals surface area contributed by atoms with E-state index >= 15 is 0 Å². The van der Waals surface area contributed by atoms with Crippen molar-refractivity contribution < 1.29 is 9.72 Å². The molecular formula is C15H13N3O4. The molecule has 0 N–H and O–H groups in total. The van der Waals surface area contributed by atoms with Gasteiger partial charge in [0.15, 0.2) is 0 Å². The van der Waals surface area contributed by atoms with E-state index in [1.165, 1.54) is 29.2 Å². The number of ketones is 1. The zero-order valence-corrected chi connectivity index (χ0v) is 12.0. The van der Waals surface area contributed by atoms with Crippen LogP contribution in [-0.4, -0.2) is 24.8 Å². The summed E-state index contributed by atoms with van der Waals surface area (Å²) in [7, 11) is 3.24. The molecule has 0 aliphatic rings. The highest BCUT2D eigenvalue weighted by molar-refractivity contribution is 6.15. The van der Waals surface area contributed by atoms with Gasteiger partial charge in [-0.15, -0.1) is 4.91 Å². The second-order valence-corrected chi connectivity index (χ2v) is 4.77. The van der Waals surface area contributed by atoms with Crippen LogP contribution in [0.4, 0.5) is 17.1 Å². The molecule has 22 heavy (non-hydrogen) atoms. The van der Waals surface area contributed by atoms with Crippen molar-refractivity contribution in [3.05, 3.63) is 68.6 Å². The highest BCUT2D eigenvalue weighted by Gasteiger charge is 2.30. The van der Waals surface area contributed by atoms with Gasteiger partial charge in [-0.25, -0.2) is 0 Å². The summed E-state index contributed by atoms with van der Waals surface area (Å²) in [6.07, 6.45) is 0. The standard InChI is InChI=1S/C15H13N3O4/c1-17(2)12-9-8-11(16-20)13(14(12)18(21)22)15(19)10-6-4-3-5-7-10/h3-9H,1-2H3. The Balaban J connectivity index is 2.77. The lowest BCUT2D eigenvalue weighted by Crippen LogP contribution is -2.14. The minimum Gasteiger partial charge on any atom is -0.372 e. The highest BCUT2D eigenvalue weighted by atomic mass is 16.6. The van der Waals surface area contributed by atoms with Crippen LogP contribution in [0.25, 0.3) is 0 Å². The van der Waals surface area contributed by atoms with Crippen LogP contribution in [0.1, 0.15) is 15.9 Å². The molecule has 0 bridgehead atoms. The number of nitroso groups, excluding NO2 is 1. The number of anilines is 1. The maximum Gasteiger partial charge on any atom is 0.305 e. The van der Waals surface area contributed by atoms with Crippen LogP contribution in [0.5, 0.6) is 0 Å². The van der Waals surface area contributed by atoms with Crippen LogP contribution in [0.15, 0.2) is 47.6 Å². The number of hydrogen-bond acceptors (Lipinski definition) is 6. The van der Waals surface area contributed by atoms with Gasteiger partial charge in [0.2, 0.25) is 5.78 Å². The molecule has 0 saturated carbocycles. The molecule has 0 atom stereocenters. The lowest BCUT2D eigenvalue weighted by atomic mass is 9.98. The number of rotatable bonds is 5. The monoisotopic (exact) mass is 299 g/mol. The van der Waals surface area contributed by atoms with Gasteiger partial charge in [-0.05, 0) is 17.3 Å². The topological polar surface area (TPSA) is 92.9 Å². The average Bonchev–Trinajstić information content (AvgIpc) is 2.53. The summed E-state index contributed by atoms with van der Waals surface area (Å²) in [6.45, 7) is 0. The smallest absolute Gasteiger partial charge is 0.305 e. The van der Waals surface area contributed by atoms with Crippen LogP contribution < -0.4 is 4.90 Å². The lowest BCUT2D eigenvalue weighted by molar-refractivity contribution is -0.384. The van der Waals surface area contributed by atoms with E-state index in [1.54, 1.807) is 32.3 Å². The quantitative estimate of drug-likeness (QED) is 0.365. The lowest BCUT2D eigenvalue weighted by Gasteiger charge is -2.15. The van der Waals surface area contributed by atoms with E-state index in [0.29, 0.717) is 0 Å². The highest BCUT2D eigenvalue weighted by Crippen LogP contribution is 2.38. The number of nitro groups is 1. The molecule has 2 rings (SSSR count). The molecule has 0 aliphatic heterocycles. The van der Waals surface area contributed by atoms with Crippen LogP contribution in [0.2, 0.25) is 0 Å². The van der Waals surface area contributed by atoms with Crippen molar-refractivity contribution in [3.8, 4) is 0 Å². The van der Waals surface area contributed by atoms with Gasteiger partial charge >= 0.3 is 5.69 Å². The Bertz CT molecular complexity index is 742. The van der Waals surface area contributed by atoms with Gasteiger partial charge in [0.1, 0.15) is 16.9 Å². The molecule has 2 aromatic carbocycles. The number of hydrogen-bond donors (Lipinski definition) is 0. The molecule has 0 aliphatic carbocycles. The van der Waals surface area contributed by atoms with Crippen molar-refractivity contribution in [2.45, 2.75) is 0 Å². The Labute approximate surface area is 126 Å². The molecule has 0 amide bonds. The van der Waals surface area contributed by atoms with Crippen molar-refractivity contribution in [1.29, 1.82) is 0 Å². The van der Waals surface area contributed by atoms with Gasteiger partial charge in [-0.3, -0.25) is 14.9 Å². The molecule has 0 spiro atoms. The molecule has 0 fully saturated rings. The van der Waals surface area contributed by atoms with E-state index < -0.39 is 16.4 Å². The summed E-state index contributed by atoms with van der Waals surface area (Å²) in [4.78, 5) is 35.9. The first-order chi connectivity index (χ1) is 10.5. The Morgan fingerprint density at radius 3 is 2.27 bits per heavy atom. The van der Waals surface area contributed by atoms with Crippen LogP contribution in [0, 0.1) is 15.0 Å². The van der Waals surface area contributed by atoms with E-state index in [9.17, 15) is 19.8 Å². The average molecular weight is 299 g/mol. The summed E-state index contributed by atoms with van der Waals surface area (Å²) in [5, 5.41) is 14.2. The predicted molar refractivity (Wildman–Crippen MR) is 82.8 cm³/mol. The van der Waals surface area contributed by atoms with Gasteiger partial charge in [0, 0.05) is 19.7 Å². The zero-order valence-electron chi connectivity index (χ0n) is 12.0. The fraction of sp³-hybridized carbons (Fsp3) is 0.133. The van der Waals surface area contributed by atoms with Crippen LogP contribution >= 0.6 is 0 Å². The minimum absolute atomic E-state index is 0.233. The first kappa shape index (κ1) is 15.3. The van der Waals surface area contributed by atoms with E-state index in [0.717, 1.165) is 0 Å². The van der Waals surface area contributed by atoms with Crippen molar-refractivity contribution in [1.82, 2.24) is 0 Å². The Kier molecular flexibility index (Phi) is 4.26. The zero-order chi connectivity index (χ0) is 16.3. The first-order valence-electron chi connectivity index (χ1n) is 6.39. The molecule has 0 radical (unpaired) electrons. The minimum atomic E-state index is -0.666. The van der Waals surface area contributed by atoms with E-state index in [2.05, 4.69) is 5.18 Å². The summed E-state index contributed by atoms with van der Waals surface area (Å²) in [5.74, 6) is -0.606. The maximum atomic E-state index is 12.6. The van der Waals surface area contributed by atoms with E-state index in [1.807, 2.05) is 0 Å². The van der Waals surface area contributed by atoms with Gasteiger partial charge in [0.25, 0.3) is 0 Å². The second-order valence-electron chi connectivity index (χ2n) is 4.77. The van der Waals surface area contributed by atoms with Crippen molar-refractivity contribution in [2.75, 3.05) is 19.0 Å². The fourth-order valence-electron chi connectivity index (χ4n) is 2.15. The summed E-state index contributed by atoms with van der Waals surface area (Å²) in [6, 6.07) is 10.8. The summed E-state index contributed by atoms with van der Waals surface area (Å²) >= 11 is 0. The Morgan fingerprint density at radius 1 is 1.14 bits per heavy atom. The SMILES string of the molecule is CN(C)c1ccc(N=O)c(C(=O)c2ccccc2)c1[N+](=O)[O-]. The van der Waals surface area contributed by atoms with Crippen molar-refractivity contribution >= 4 is 22.8 Å². The third kappa shape index (κ3) is 2.69. The summed E-state index contributed by atoms with van der Waals surface area (Å²) < 4.78 is 0. The van der Waals surface area contributed by atoms with Gasteiger partial charge < -0.3 is 4.90 Å². The van der Waals surface area contributed by atoms with Crippen molar-refractivity contribution in [2.24, 2.45) is 5.18 Å². The van der Waals surface area contributed by atoms with Gasteiger partial charge in [-0.1, -0.05) is 30.3 Å². The molecule has 0 aromatic heterocycles. The molecule has 0 unspecified atom stereocenters. The first-order valence-corrected chi connectivity index (χ1v) is 6.39. The Morgan fingerprint density at radius 2 is 1.77 bits per heavy atom. The molecule has 2 aromatic rings. The Hall–Kier alpha value is -3.09. The molecule has 7 heteroatoms. The van der Waals surface area contributed by atoms with E-state index in [4.69, 9.17) is 0 Å². The molecule has 0 heterocycles.